The van der Waals surface area contributed by atoms with Crippen molar-refractivity contribution < 1.29 is 21.6 Å². The molecule has 56 valence electrons. The van der Waals surface area contributed by atoms with E-state index in [0.29, 0.717) is 0 Å². The molecule has 0 spiro atoms. The molecule has 0 aromatic rings. The molecule has 1 aliphatic heterocycles. The summed E-state index contributed by atoms with van der Waals surface area (Å²) >= 11 is 0. The van der Waals surface area contributed by atoms with Gasteiger partial charge in [-0.3, -0.25) is 0 Å². The lowest BCUT2D eigenvalue weighted by atomic mass is 10.5. The molecule has 0 aliphatic carbocycles. The molecule has 5 nitrogen and oxygen atoms in total. The second-order valence-corrected chi connectivity index (χ2v) is 2.80. The van der Waals surface area contributed by atoms with E-state index in [1.807, 2.05) is 0 Å². The lowest BCUT2D eigenvalue weighted by Crippen LogP contribution is -2.18. The molecule has 6 heteroatoms. The van der Waals surface area contributed by atoms with Gasteiger partial charge < -0.3 is 8.37 Å². The number of allylic oxidation sites excluding steroid dienone is 1. The summed E-state index contributed by atoms with van der Waals surface area (Å²) in [6.45, 7) is 1.35. The van der Waals surface area contributed by atoms with E-state index < -0.39 is 16.4 Å². The Labute approximate surface area is 57.6 Å². The molecule has 0 aromatic carbocycles. The van der Waals surface area contributed by atoms with Crippen LogP contribution in [0.5, 0.6) is 0 Å². The minimum absolute atomic E-state index is 0.0104. The van der Waals surface area contributed by atoms with E-state index in [9.17, 15) is 13.2 Å². The van der Waals surface area contributed by atoms with Crippen LogP contribution >= 0.6 is 0 Å². The zero-order valence-electron chi connectivity index (χ0n) is 5.03. The zero-order valence-corrected chi connectivity index (χ0v) is 5.84. The molecule has 1 aliphatic rings. The van der Waals surface area contributed by atoms with E-state index in [2.05, 4.69) is 8.37 Å². The van der Waals surface area contributed by atoms with Gasteiger partial charge in [-0.05, 0) is 6.92 Å². The molecular formula is C4H4O5S. The predicted molar refractivity (Wildman–Crippen MR) is 29.9 cm³/mol. The highest BCUT2D eigenvalue weighted by Gasteiger charge is 2.23. The molecule has 10 heavy (non-hydrogen) atoms. The molecule has 0 saturated heterocycles. The van der Waals surface area contributed by atoms with Crippen LogP contribution in [0.3, 0.4) is 0 Å². The molecule has 0 fully saturated rings. The Balaban J connectivity index is 3.02. The maximum atomic E-state index is 10.4. The third-order valence-electron chi connectivity index (χ3n) is 0.739. The Morgan fingerprint density at radius 1 is 1.40 bits per heavy atom. The van der Waals surface area contributed by atoms with Crippen molar-refractivity contribution in [1.29, 1.82) is 0 Å². The molecule has 0 saturated carbocycles. The van der Waals surface area contributed by atoms with Crippen molar-refractivity contribution in [2.45, 2.75) is 6.92 Å². The normalized spacial score (nSPS) is 22.5. The van der Waals surface area contributed by atoms with Crippen molar-refractivity contribution in [3.05, 3.63) is 11.8 Å². The van der Waals surface area contributed by atoms with E-state index in [4.69, 9.17) is 0 Å². The third kappa shape index (κ3) is 1.47. The first kappa shape index (κ1) is 7.07. The monoisotopic (exact) mass is 164 g/mol. The number of carbonyl (C=O) groups excluding carboxylic acids is 1. The summed E-state index contributed by atoms with van der Waals surface area (Å²) in [4.78, 5) is 10.3. The number of hydrogen-bond donors (Lipinski definition) is 0. The molecule has 1 rings (SSSR count). The lowest BCUT2D eigenvalue weighted by Gasteiger charge is -2.09. The van der Waals surface area contributed by atoms with Crippen molar-refractivity contribution in [1.82, 2.24) is 0 Å². The molecule has 0 aromatic heterocycles. The Morgan fingerprint density at radius 3 is 2.40 bits per heavy atom. The summed E-state index contributed by atoms with van der Waals surface area (Å²) < 4.78 is 28.6. The maximum Gasteiger partial charge on any atom is 0.503 e. The van der Waals surface area contributed by atoms with E-state index in [1.165, 1.54) is 6.92 Å². The van der Waals surface area contributed by atoms with Gasteiger partial charge in [-0.2, -0.15) is 0 Å². The topological polar surface area (TPSA) is 69.7 Å². The number of carbonyl (C=O) groups is 1. The summed E-state index contributed by atoms with van der Waals surface area (Å²) in [5.41, 5.74) is 0. The van der Waals surface area contributed by atoms with Crippen molar-refractivity contribution in [3.63, 3.8) is 0 Å². The summed E-state index contributed by atoms with van der Waals surface area (Å²) in [6.07, 6.45) is 0.945. The molecule has 0 amide bonds. The number of hydrogen-bond acceptors (Lipinski definition) is 5. The first-order chi connectivity index (χ1) is 4.49. The van der Waals surface area contributed by atoms with E-state index in [-0.39, 0.29) is 5.76 Å². The highest BCUT2D eigenvalue weighted by atomic mass is 32.3. The molecule has 1 heterocycles. The highest BCUT2D eigenvalue weighted by Crippen LogP contribution is 2.11. The first-order valence-corrected chi connectivity index (χ1v) is 3.69. The Bertz CT molecular complexity index is 285. The summed E-state index contributed by atoms with van der Waals surface area (Å²) in [5.74, 6) is -0.917. The van der Waals surface area contributed by atoms with Crippen LogP contribution in [0.15, 0.2) is 11.8 Å². The van der Waals surface area contributed by atoms with Gasteiger partial charge in [0.1, 0.15) is 5.76 Å². The van der Waals surface area contributed by atoms with Crippen LogP contribution in [0.2, 0.25) is 0 Å². The van der Waals surface area contributed by atoms with Gasteiger partial charge in [0.05, 0.1) is 6.08 Å². The molecule has 0 radical (unpaired) electrons. The van der Waals surface area contributed by atoms with Crippen LogP contribution in [0.1, 0.15) is 6.92 Å². The summed E-state index contributed by atoms with van der Waals surface area (Å²) in [6, 6.07) is 0. The Morgan fingerprint density at radius 2 is 2.00 bits per heavy atom. The minimum atomic E-state index is -4.10. The van der Waals surface area contributed by atoms with Gasteiger partial charge in [0.15, 0.2) is 0 Å². The van der Waals surface area contributed by atoms with Gasteiger partial charge in [-0.25, -0.2) is 4.79 Å². The van der Waals surface area contributed by atoms with Crippen molar-refractivity contribution >= 4 is 16.4 Å². The fourth-order valence-electron chi connectivity index (χ4n) is 0.493. The SMILES string of the molecule is CC1=CC(=O)OS(=O)(=O)O1. The fraction of sp³-hybridized carbons (Fsp3) is 0.250. The van der Waals surface area contributed by atoms with Gasteiger partial charge in [0.2, 0.25) is 0 Å². The Kier molecular flexibility index (Phi) is 1.40. The quantitative estimate of drug-likeness (QED) is 0.492. The highest BCUT2D eigenvalue weighted by molar-refractivity contribution is 7.82. The van der Waals surface area contributed by atoms with Crippen LogP contribution in [-0.2, 0) is 23.6 Å². The molecular weight excluding hydrogens is 160 g/mol. The fourth-order valence-corrected chi connectivity index (χ4v) is 1.15. The van der Waals surface area contributed by atoms with Gasteiger partial charge >= 0.3 is 16.4 Å². The van der Waals surface area contributed by atoms with Crippen LogP contribution in [-0.4, -0.2) is 14.4 Å². The average Bonchev–Trinajstić information content (AvgIpc) is 1.54. The zero-order chi connectivity index (χ0) is 7.78. The van der Waals surface area contributed by atoms with Crippen LogP contribution in [0, 0.1) is 0 Å². The largest absolute Gasteiger partial charge is 0.503 e. The molecule has 0 atom stereocenters. The third-order valence-corrected chi connectivity index (χ3v) is 1.57. The maximum absolute atomic E-state index is 10.4. The van der Waals surface area contributed by atoms with E-state index in [1.54, 1.807) is 0 Å². The molecule has 0 bridgehead atoms. The summed E-state index contributed by atoms with van der Waals surface area (Å²) in [5, 5.41) is 0. The van der Waals surface area contributed by atoms with Gasteiger partial charge in [-0.15, -0.1) is 8.42 Å². The second-order valence-electron chi connectivity index (χ2n) is 1.65. The lowest BCUT2D eigenvalue weighted by molar-refractivity contribution is -0.129. The van der Waals surface area contributed by atoms with Crippen LogP contribution < -0.4 is 0 Å². The smallest absolute Gasteiger partial charge is 0.357 e. The molecule has 0 N–H and O–H groups in total. The van der Waals surface area contributed by atoms with E-state index in [0.717, 1.165) is 6.08 Å². The van der Waals surface area contributed by atoms with Gasteiger partial charge in [0, 0.05) is 0 Å². The Hall–Kier alpha value is -1.04. The predicted octanol–water partition coefficient (Wildman–Crippen LogP) is -0.292. The first-order valence-electron chi connectivity index (χ1n) is 2.36. The van der Waals surface area contributed by atoms with Gasteiger partial charge in [-0.1, -0.05) is 0 Å². The van der Waals surface area contributed by atoms with E-state index >= 15 is 0 Å². The van der Waals surface area contributed by atoms with Gasteiger partial charge in [0.25, 0.3) is 0 Å². The second kappa shape index (κ2) is 1.98. The number of rotatable bonds is 0. The van der Waals surface area contributed by atoms with Crippen LogP contribution in [0.25, 0.3) is 0 Å². The van der Waals surface area contributed by atoms with Crippen molar-refractivity contribution in [2.75, 3.05) is 0 Å². The van der Waals surface area contributed by atoms with Crippen LogP contribution in [0.4, 0.5) is 0 Å². The van der Waals surface area contributed by atoms with Crippen molar-refractivity contribution in [2.24, 2.45) is 0 Å². The van der Waals surface area contributed by atoms with Crippen molar-refractivity contribution in [3.8, 4) is 0 Å². The molecule has 0 unspecified atom stereocenters. The average molecular weight is 164 g/mol. The minimum Gasteiger partial charge on any atom is -0.357 e. The summed E-state index contributed by atoms with van der Waals surface area (Å²) in [7, 11) is -4.10. The standard InChI is InChI=1S/C4H4O5S/c1-3-2-4(5)9-10(6,7)8-3/h2H,1H3.